The third-order valence-electron chi connectivity index (χ3n) is 3.07. The van der Waals surface area contributed by atoms with Crippen molar-refractivity contribution in [3.63, 3.8) is 0 Å². The lowest BCUT2D eigenvalue weighted by molar-refractivity contribution is 0.273. The van der Waals surface area contributed by atoms with E-state index in [2.05, 4.69) is 0 Å². The zero-order valence-corrected chi connectivity index (χ0v) is 10.4. The standard InChI is InChI=1S/C12H15FO3S/c1-8(7-14)9-2-5-12(11(13)6-9)17(15,16)10-3-4-10/h2,5-6,8,10,14H,3-4,7H2,1H3. The molecule has 1 aromatic carbocycles. The molecule has 5 heteroatoms. The zero-order chi connectivity index (χ0) is 12.6. The Labute approximate surface area is 100 Å². The summed E-state index contributed by atoms with van der Waals surface area (Å²) in [6, 6.07) is 4.08. The van der Waals surface area contributed by atoms with E-state index in [0.717, 1.165) is 0 Å². The molecule has 17 heavy (non-hydrogen) atoms. The summed E-state index contributed by atoms with van der Waals surface area (Å²) >= 11 is 0. The summed E-state index contributed by atoms with van der Waals surface area (Å²) in [4.78, 5) is -0.214. The summed E-state index contributed by atoms with van der Waals surface area (Å²) < 4.78 is 37.5. The van der Waals surface area contributed by atoms with Gasteiger partial charge >= 0.3 is 0 Å². The molecule has 1 aromatic rings. The van der Waals surface area contributed by atoms with Crippen molar-refractivity contribution in [3.8, 4) is 0 Å². The van der Waals surface area contributed by atoms with E-state index >= 15 is 0 Å². The molecule has 1 atom stereocenters. The van der Waals surface area contributed by atoms with Gasteiger partial charge < -0.3 is 5.11 Å². The molecule has 1 unspecified atom stereocenters. The van der Waals surface area contributed by atoms with Crippen molar-refractivity contribution in [2.75, 3.05) is 6.61 Å². The molecular weight excluding hydrogens is 243 g/mol. The first-order valence-electron chi connectivity index (χ1n) is 5.61. The first kappa shape index (κ1) is 12.5. The second-order valence-electron chi connectivity index (χ2n) is 4.52. The highest BCUT2D eigenvalue weighted by Crippen LogP contribution is 2.35. The molecular formula is C12H15FO3S. The van der Waals surface area contributed by atoms with Crippen LogP contribution >= 0.6 is 0 Å². The third-order valence-corrected chi connectivity index (χ3v) is 5.36. The highest BCUT2D eigenvalue weighted by Gasteiger charge is 2.38. The van der Waals surface area contributed by atoms with Crippen LogP contribution in [0, 0.1) is 5.82 Å². The van der Waals surface area contributed by atoms with E-state index in [1.54, 1.807) is 13.0 Å². The molecule has 0 amide bonds. The number of aliphatic hydroxyl groups is 1. The topological polar surface area (TPSA) is 54.4 Å². The molecule has 0 saturated heterocycles. The fourth-order valence-electron chi connectivity index (χ4n) is 1.72. The minimum absolute atomic E-state index is 0.0891. The predicted molar refractivity (Wildman–Crippen MR) is 62.1 cm³/mol. The van der Waals surface area contributed by atoms with Gasteiger partial charge in [0.1, 0.15) is 10.7 Å². The molecule has 94 valence electrons. The molecule has 0 heterocycles. The Bertz CT molecular complexity index is 521. The van der Waals surface area contributed by atoms with Gasteiger partial charge in [0.15, 0.2) is 9.84 Å². The van der Waals surface area contributed by atoms with E-state index in [-0.39, 0.29) is 17.4 Å². The molecule has 1 aliphatic rings. The molecule has 0 aliphatic heterocycles. The summed E-state index contributed by atoms with van der Waals surface area (Å²) in [6.45, 7) is 1.66. The number of benzene rings is 1. The maximum Gasteiger partial charge on any atom is 0.184 e. The minimum atomic E-state index is -3.48. The molecule has 3 nitrogen and oxygen atoms in total. The van der Waals surface area contributed by atoms with Gasteiger partial charge in [-0.2, -0.15) is 0 Å². The maximum atomic E-state index is 13.8. The first-order valence-corrected chi connectivity index (χ1v) is 7.15. The second kappa shape index (κ2) is 4.38. The molecule has 1 N–H and O–H groups in total. The number of rotatable bonds is 4. The Morgan fingerprint density at radius 3 is 2.59 bits per heavy atom. The van der Waals surface area contributed by atoms with Gasteiger partial charge in [-0.3, -0.25) is 0 Å². The van der Waals surface area contributed by atoms with Crippen molar-refractivity contribution in [1.29, 1.82) is 0 Å². The van der Waals surface area contributed by atoms with Crippen LogP contribution in [-0.4, -0.2) is 25.4 Å². The van der Waals surface area contributed by atoms with E-state index < -0.39 is 20.9 Å². The zero-order valence-electron chi connectivity index (χ0n) is 9.56. The van der Waals surface area contributed by atoms with Gasteiger partial charge in [-0.25, -0.2) is 12.8 Å². The van der Waals surface area contributed by atoms with Crippen molar-refractivity contribution < 1.29 is 17.9 Å². The quantitative estimate of drug-likeness (QED) is 0.896. The van der Waals surface area contributed by atoms with Crippen LogP contribution in [0.1, 0.15) is 31.2 Å². The van der Waals surface area contributed by atoms with E-state index in [9.17, 15) is 12.8 Å². The van der Waals surface area contributed by atoms with Crippen LogP contribution in [0.4, 0.5) is 4.39 Å². The second-order valence-corrected chi connectivity index (χ2v) is 6.71. The van der Waals surface area contributed by atoms with Crippen LogP contribution in [0.15, 0.2) is 23.1 Å². The number of sulfone groups is 1. The highest BCUT2D eigenvalue weighted by atomic mass is 32.2. The van der Waals surface area contributed by atoms with Gasteiger partial charge in [0.25, 0.3) is 0 Å². The molecule has 1 fully saturated rings. The molecule has 0 radical (unpaired) electrons. The van der Waals surface area contributed by atoms with E-state index in [1.165, 1.54) is 12.1 Å². The maximum absolute atomic E-state index is 13.8. The fraction of sp³-hybridized carbons (Fsp3) is 0.500. The third kappa shape index (κ3) is 2.35. The van der Waals surface area contributed by atoms with Crippen LogP contribution in [0.25, 0.3) is 0 Å². The van der Waals surface area contributed by atoms with Crippen LogP contribution < -0.4 is 0 Å². The molecule has 1 aliphatic carbocycles. The normalized spacial score (nSPS) is 18.1. The minimum Gasteiger partial charge on any atom is -0.396 e. The first-order chi connectivity index (χ1) is 7.96. The van der Waals surface area contributed by atoms with Crippen LogP contribution in [0.3, 0.4) is 0 Å². The summed E-state index contributed by atoms with van der Waals surface area (Å²) in [5, 5.41) is 8.56. The van der Waals surface area contributed by atoms with Crippen molar-refractivity contribution in [1.82, 2.24) is 0 Å². The molecule has 0 bridgehead atoms. The molecule has 0 spiro atoms. The molecule has 1 saturated carbocycles. The van der Waals surface area contributed by atoms with Gasteiger partial charge in [0.2, 0.25) is 0 Å². The van der Waals surface area contributed by atoms with E-state index in [4.69, 9.17) is 5.11 Å². The number of halogens is 1. The lowest BCUT2D eigenvalue weighted by Crippen LogP contribution is -2.10. The lowest BCUT2D eigenvalue weighted by Gasteiger charge is -2.10. The van der Waals surface area contributed by atoms with Crippen LogP contribution in [0.2, 0.25) is 0 Å². The SMILES string of the molecule is CC(CO)c1ccc(S(=O)(=O)C2CC2)c(F)c1. The average molecular weight is 258 g/mol. The highest BCUT2D eigenvalue weighted by molar-refractivity contribution is 7.92. The van der Waals surface area contributed by atoms with Gasteiger partial charge in [0, 0.05) is 12.5 Å². The summed E-state index contributed by atoms with van der Waals surface area (Å²) in [5.74, 6) is -0.906. The van der Waals surface area contributed by atoms with Crippen molar-refractivity contribution in [2.24, 2.45) is 0 Å². The summed E-state index contributed by atoms with van der Waals surface area (Å²) in [7, 11) is -3.48. The smallest absolute Gasteiger partial charge is 0.184 e. The van der Waals surface area contributed by atoms with Gasteiger partial charge in [0.05, 0.1) is 5.25 Å². The number of aliphatic hydroxyl groups excluding tert-OH is 1. The lowest BCUT2D eigenvalue weighted by atomic mass is 10.0. The van der Waals surface area contributed by atoms with E-state index in [0.29, 0.717) is 18.4 Å². The van der Waals surface area contributed by atoms with Crippen molar-refractivity contribution >= 4 is 9.84 Å². The summed E-state index contributed by atoms with van der Waals surface area (Å²) in [5.41, 5.74) is 0.611. The Morgan fingerprint density at radius 1 is 1.47 bits per heavy atom. The van der Waals surface area contributed by atoms with Crippen molar-refractivity contribution in [3.05, 3.63) is 29.6 Å². The molecule has 0 aromatic heterocycles. The number of hydrogen-bond donors (Lipinski definition) is 1. The van der Waals surface area contributed by atoms with Gasteiger partial charge in [-0.05, 0) is 30.5 Å². The fourth-order valence-corrected chi connectivity index (χ4v) is 3.42. The Balaban J connectivity index is 2.38. The average Bonchev–Trinajstić information content (AvgIpc) is 3.11. The summed E-state index contributed by atoms with van der Waals surface area (Å²) in [6.07, 6.45) is 1.24. The predicted octanol–water partition coefficient (Wildman–Crippen LogP) is 1.86. The van der Waals surface area contributed by atoms with Crippen molar-refractivity contribution in [2.45, 2.75) is 35.8 Å². The van der Waals surface area contributed by atoms with Gasteiger partial charge in [-0.1, -0.05) is 13.0 Å². The van der Waals surface area contributed by atoms with Crippen LogP contribution in [0.5, 0.6) is 0 Å². The van der Waals surface area contributed by atoms with Gasteiger partial charge in [-0.15, -0.1) is 0 Å². The Kier molecular flexibility index (Phi) is 3.23. The van der Waals surface area contributed by atoms with Crippen LogP contribution in [-0.2, 0) is 9.84 Å². The Hall–Kier alpha value is -0.940. The monoisotopic (exact) mass is 258 g/mol. The largest absolute Gasteiger partial charge is 0.396 e. The Morgan fingerprint density at radius 2 is 2.12 bits per heavy atom. The number of hydrogen-bond acceptors (Lipinski definition) is 3. The van der Waals surface area contributed by atoms with E-state index in [1.807, 2.05) is 0 Å². The molecule has 2 rings (SSSR count).